The molecular weight excluding hydrogens is 377 g/mol. The molecule has 1 atom stereocenters. The van der Waals surface area contributed by atoms with E-state index in [1.165, 1.54) is 5.56 Å². The molecule has 0 saturated heterocycles. The Kier molecular flexibility index (Phi) is 7.99. The van der Waals surface area contributed by atoms with Crippen molar-refractivity contribution in [2.45, 2.75) is 57.5 Å². The lowest BCUT2D eigenvalue weighted by Gasteiger charge is -2.31. The first-order valence-electron chi connectivity index (χ1n) is 9.17. The first kappa shape index (κ1) is 22.0. The molecule has 0 amide bonds. The highest BCUT2D eigenvalue weighted by Gasteiger charge is 2.39. The molecule has 0 aliphatic heterocycles. The Balaban J connectivity index is 2.47. The van der Waals surface area contributed by atoms with Crippen molar-refractivity contribution in [1.82, 2.24) is 0 Å². The topological polar surface area (TPSA) is 47.6 Å². The smallest absolute Gasteiger partial charge is 0.357 e. The van der Waals surface area contributed by atoms with Gasteiger partial charge in [0.25, 0.3) is 0 Å². The zero-order chi connectivity index (χ0) is 20.0. The summed E-state index contributed by atoms with van der Waals surface area (Å²) in [5.74, 6) is -0.596. The minimum atomic E-state index is -3.48. The fraction of sp³-hybridized carbons (Fsp3) is 0.429. The summed E-state index contributed by atoms with van der Waals surface area (Å²) >= 11 is 1.67. The van der Waals surface area contributed by atoms with Crippen LogP contribution in [0.1, 0.15) is 44.6 Å². The van der Waals surface area contributed by atoms with E-state index in [9.17, 15) is 4.57 Å². The van der Waals surface area contributed by atoms with E-state index in [1.54, 1.807) is 11.8 Å². The van der Waals surface area contributed by atoms with Gasteiger partial charge in [-0.1, -0.05) is 29.8 Å². The molecule has 0 aromatic heterocycles. The standard InChI is InChI=1S/C21H30NO3PS/c1-15(2)24-26(23,25-16(3)4)21(18-9-13-20(27-6)14-10-18)22-19-11-7-17(5)8-12-19/h7-16,21-22H,1-6H3. The first-order valence-corrected chi connectivity index (χ1v) is 12.0. The molecule has 2 aromatic rings. The number of hydrogen-bond donors (Lipinski definition) is 1. The molecule has 1 unspecified atom stereocenters. The summed E-state index contributed by atoms with van der Waals surface area (Å²) in [5, 5.41) is 3.39. The molecule has 2 rings (SSSR count). The van der Waals surface area contributed by atoms with Crippen molar-refractivity contribution in [1.29, 1.82) is 0 Å². The van der Waals surface area contributed by atoms with Gasteiger partial charge in [-0.25, -0.2) is 0 Å². The van der Waals surface area contributed by atoms with Gasteiger partial charge < -0.3 is 14.4 Å². The van der Waals surface area contributed by atoms with Crippen molar-refractivity contribution < 1.29 is 13.6 Å². The Morgan fingerprint density at radius 3 is 1.85 bits per heavy atom. The summed E-state index contributed by atoms with van der Waals surface area (Å²) in [5.41, 5.74) is 2.92. The molecule has 27 heavy (non-hydrogen) atoms. The highest BCUT2D eigenvalue weighted by Crippen LogP contribution is 2.62. The molecule has 1 N–H and O–H groups in total. The van der Waals surface area contributed by atoms with E-state index in [0.717, 1.165) is 16.1 Å². The van der Waals surface area contributed by atoms with Crippen LogP contribution in [-0.4, -0.2) is 18.5 Å². The highest BCUT2D eigenvalue weighted by atomic mass is 32.2. The van der Waals surface area contributed by atoms with E-state index in [0.29, 0.717) is 0 Å². The van der Waals surface area contributed by atoms with Crippen LogP contribution in [0.3, 0.4) is 0 Å². The quantitative estimate of drug-likeness (QED) is 0.363. The number of nitrogens with one attached hydrogen (secondary N) is 1. The maximum Gasteiger partial charge on any atom is 0.357 e. The fourth-order valence-electron chi connectivity index (χ4n) is 2.67. The van der Waals surface area contributed by atoms with Crippen LogP contribution in [0, 0.1) is 6.92 Å². The van der Waals surface area contributed by atoms with Crippen LogP contribution >= 0.6 is 19.4 Å². The minimum Gasteiger partial charge on any atom is -0.368 e. The molecule has 6 heteroatoms. The van der Waals surface area contributed by atoms with E-state index in [2.05, 4.69) is 5.32 Å². The molecule has 2 aromatic carbocycles. The summed E-state index contributed by atoms with van der Waals surface area (Å²) < 4.78 is 25.6. The van der Waals surface area contributed by atoms with Crippen LogP contribution in [-0.2, 0) is 13.6 Å². The minimum absolute atomic E-state index is 0.220. The van der Waals surface area contributed by atoms with Crippen LogP contribution in [0.25, 0.3) is 0 Å². The van der Waals surface area contributed by atoms with E-state index >= 15 is 0 Å². The van der Waals surface area contributed by atoms with Crippen LogP contribution in [0.4, 0.5) is 5.69 Å². The van der Waals surface area contributed by atoms with Crippen molar-refractivity contribution >= 4 is 25.0 Å². The first-order chi connectivity index (χ1) is 12.7. The number of hydrogen-bond acceptors (Lipinski definition) is 5. The third-order valence-corrected chi connectivity index (χ3v) is 7.05. The van der Waals surface area contributed by atoms with Gasteiger partial charge in [0.15, 0.2) is 5.78 Å². The van der Waals surface area contributed by atoms with Crippen LogP contribution in [0.5, 0.6) is 0 Å². The van der Waals surface area contributed by atoms with Gasteiger partial charge in [-0.3, -0.25) is 4.57 Å². The normalized spacial score (nSPS) is 13.2. The van der Waals surface area contributed by atoms with Gasteiger partial charge in [-0.05, 0) is 70.7 Å². The summed E-state index contributed by atoms with van der Waals surface area (Å²) in [6, 6.07) is 16.0. The number of anilines is 1. The van der Waals surface area contributed by atoms with Gasteiger partial charge in [0.1, 0.15) is 0 Å². The zero-order valence-corrected chi connectivity index (χ0v) is 18.6. The van der Waals surface area contributed by atoms with Crippen molar-refractivity contribution in [2.75, 3.05) is 11.6 Å². The van der Waals surface area contributed by atoms with Crippen molar-refractivity contribution in [3.05, 3.63) is 59.7 Å². The fourth-order valence-corrected chi connectivity index (χ4v) is 5.39. The molecular formula is C21H30NO3PS. The lowest BCUT2D eigenvalue weighted by molar-refractivity contribution is 0.138. The second-order valence-electron chi connectivity index (χ2n) is 7.03. The predicted molar refractivity (Wildman–Crippen MR) is 116 cm³/mol. The van der Waals surface area contributed by atoms with E-state index in [-0.39, 0.29) is 12.2 Å². The monoisotopic (exact) mass is 407 g/mol. The predicted octanol–water partition coefficient (Wildman–Crippen LogP) is 6.87. The molecule has 0 saturated carbocycles. The number of thioether (sulfide) groups is 1. The maximum absolute atomic E-state index is 13.8. The summed E-state index contributed by atoms with van der Waals surface area (Å²) in [4.78, 5) is 1.15. The van der Waals surface area contributed by atoms with Gasteiger partial charge in [-0.2, -0.15) is 0 Å². The molecule has 4 nitrogen and oxygen atoms in total. The SMILES string of the molecule is CSc1ccc(C(Nc2ccc(C)cc2)P(=O)(OC(C)C)OC(C)C)cc1. The average molecular weight is 408 g/mol. The van der Waals surface area contributed by atoms with Crippen LogP contribution in [0.15, 0.2) is 53.4 Å². The van der Waals surface area contributed by atoms with Gasteiger partial charge >= 0.3 is 7.60 Å². The lowest BCUT2D eigenvalue weighted by Crippen LogP contribution is -2.19. The zero-order valence-electron chi connectivity index (χ0n) is 16.9. The summed E-state index contributed by atoms with van der Waals surface area (Å²) in [6.07, 6.45) is 1.59. The van der Waals surface area contributed by atoms with Crippen molar-refractivity contribution in [3.8, 4) is 0 Å². The van der Waals surface area contributed by atoms with Gasteiger partial charge in [0.2, 0.25) is 0 Å². The van der Waals surface area contributed by atoms with Gasteiger partial charge in [0.05, 0.1) is 12.2 Å². The Bertz CT molecular complexity index is 746. The average Bonchev–Trinajstić information content (AvgIpc) is 2.60. The third kappa shape index (κ3) is 6.39. The molecule has 0 aliphatic carbocycles. The Hall–Kier alpha value is -1.26. The Morgan fingerprint density at radius 2 is 1.41 bits per heavy atom. The molecule has 0 heterocycles. The lowest BCUT2D eigenvalue weighted by atomic mass is 10.2. The van der Waals surface area contributed by atoms with Crippen LogP contribution in [0.2, 0.25) is 0 Å². The maximum atomic E-state index is 13.8. The van der Waals surface area contributed by atoms with Crippen molar-refractivity contribution in [2.24, 2.45) is 0 Å². The Labute approximate surface area is 167 Å². The van der Waals surface area contributed by atoms with Crippen LogP contribution < -0.4 is 5.32 Å². The second-order valence-corrected chi connectivity index (χ2v) is 9.93. The van der Waals surface area contributed by atoms with Gasteiger partial charge in [0, 0.05) is 10.6 Å². The van der Waals surface area contributed by atoms with E-state index < -0.39 is 13.4 Å². The molecule has 0 fully saturated rings. The molecule has 148 valence electrons. The van der Waals surface area contributed by atoms with Gasteiger partial charge in [-0.15, -0.1) is 11.8 Å². The summed E-state index contributed by atoms with van der Waals surface area (Å²) in [7, 11) is -3.48. The number of rotatable bonds is 9. The molecule has 0 radical (unpaired) electrons. The Morgan fingerprint density at radius 1 is 0.889 bits per heavy atom. The molecule has 0 aliphatic rings. The molecule has 0 spiro atoms. The van der Waals surface area contributed by atoms with E-state index in [1.807, 2.05) is 89.4 Å². The largest absolute Gasteiger partial charge is 0.368 e. The molecule has 0 bridgehead atoms. The highest BCUT2D eigenvalue weighted by molar-refractivity contribution is 7.98. The van der Waals surface area contributed by atoms with E-state index in [4.69, 9.17) is 9.05 Å². The second kappa shape index (κ2) is 9.79. The third-order valence-electron chi connectivity index (χ3n) is 3.82. The summed E-state index contributed by atoms with van der Waals surface area (Å²) in [6.45, 7) is 9.52. The number of benzene rings is 2. The number of aryl methyl sites for hydroxylation is 1. The van der Waals surface area contributed by atoms with Crippen molar-refractivity contribution in [3.63, 3.8) is 0 Å².